The molecule has 1 aliphatic rings. The van der Waals surface area contributed by atoms with E-state index in [2.05, 4.69) is 0 Å². The number of aliphatic hydroxyl groups excluding tert-OH is 1. The van der Waals surface area contributed by atoms with Crippen molar-refractivity contribution in [3.8, 4) is 0 Å². The Balaban J connectivity index is 2.04. The normalized spacial score (nSPS) is 17.3. The van der Waals surface area contributed by atoms with Gasteiger partial charge in [0.2, 0.25) is 0 Å². The lowest BCUT2D eigenvalue weighted by molar-refractivity contribution is -0.00711. The number of rotatable bonds is 3. The molecule has 0 unspecified atom stereocenters. The van der Waals surface area contributed by atoms with E-state index in [4.69, 9.17) is 14.6 Å². The standard InChI is InChI=1S/C7H13NO4/c1-11-2-3-12-7(10)8-4-6(9)5-8/h6,9H,2-5H2,1H3. The zero-order valence-electron chi connectivity index (χ0n) is 7.02. The van der Waals surface area contributed by atoms with Crippen LogP contribution in [0.15, 0.2) is 0 Å². The molecule has 70 valence electrons. The first-order valence-corrected chi connectivity index (χ1v) is 3.82. The minimum absolute atomic E-state index is 0.266. The van der Waals surface area contributed by atoms with Gasteiger partial charge in [-0.2, -0.15) is 0 Å². The van der Waals surface area contributed by atoms with E-state index in [0.717, 1.165) is 0 Å². The maximum Gasteiger partial charge on any atom is 0.410 e. The van der Waals surface area contributed by atoms with Crippen molar-refractivity contribution in [1.29, 1.82) is 0 Å². The van der Waals surface area contributed by atoms with Crippen molar-refractivity contribution >= 4 is 6.09 Å². The summed E-state index contributed by atoms with van der Waals surface area (Å²) >= 11 is 0. The summed E-state index contributed by atoms with van der Waals surface area (Å²) in [5, 5.41) is 8.86. The molecule has 0 aliphatic carbocycles. The van der Waals surface area contributed by atoms with E-state index in [1.165, 1.54) is 4.90 Å². The van der Waals surface area contributed by atoms with Gasteiger partial charge in [-0.15, -0.1) is 0 Å². The maximum absolute atomic E-state index is 11.0. The Morgan fingerprint density at radius 1 is 1.58 bits per heavy atom. The fourth-order valence-corrected chi connectivity index (χ4v) is 0.908. The number of β-amino-alcohol motifs (C(OH)–C–C–N with tert-alkyl or cyclic N) is 1. The molecule has 0 saturated carbocycles. The van der Waals surface area contributed by atoms with E-state index in [-0.39, 0.29) is 18.8 Å². The number of ether oxygens (including phenoxy) is 2. The molecular formula is C7H13NO4. The van der Waals surface area contributed by atoms with Gasteiger partial charge in [0, 0.05) is 7.11 Å². The van der Waals surface area contributed by atoms with E-state index in [9.17, 15) is 4.79 Å². The third-order valence-electron chi connectivity index (χ3n) is 1.63. The van der Waals surface area contributed by atoms with Gasteiger partial charge in [-0.25, -0.2) is 4.79 Å². The summed E-state index contributed by atoms with van der Waals surface area (Å²) in [7, 11) is 1.54. The third kappa shape index (κ3) is 2.35. The van der Waals surface area contributed by atoms with Gasteiger partial charge >= 0.3 is 6.09 Å². The third-order valence-corrected chi connectivity index (χ3v) is 1.63. The zero-order chi connectivity index (χ0) is 8.97. The first-order valence-electron chi connectivity index (χ1n) is 3.82. The van der Waals surface area contributed by atoms with Crippen LogP contribution in [0, 0.1) is 0 Å². The van der Waals surface area contributed by atoms with Crippen molar-refractivity contribution in [3.63, 3.8) is 0 Å². The van der Waals surface area contributed by atoms with Crippen molar-refractivity contribution in [2.45, 2.75) is 6.10 Å². The summed E-state index contributed by atoms with van der Waals surface area (Å²) in [5.74, 6) is 0. The first kappa shape index (κ1) is 9.28. The highest BCUT2D eigenvalue weighted by atomic mass is 16.6. The Morgan fingerprint density at radius 3 is 2.75 bits per heavy atom. The highest BCUT2D eigenvalue weighted by Crippen LogP contribution is 2.08. The summed E-state index contributed by atoms with van der Waals surface area (Å²) < 4.78 is 9.49. The highest BCUT2D eigenvalue weighted by molar-refractivity contribution is 5.68. The number of nitrogens with zero attached hydrogens (tertiary/aromatic N) is 1. The molecule has 1 fully saturated rings. The molecule has 0 aromatic rings. The van der Waals surface area contributed by atoms with Gasteiger partial charge in [0.05, 0.1) is 25.8 Å². The molecule has 0 aromatic heterocycles. The highest BCUT2D eigenvalue weighted by Gasteiger charge is 2.29. The van der Waals surface area contributed by atoms with Gasteiger partial charge in [-0.3, -0.25) is 0 Å². The molecule has 1 saturated heterocycles. The molecule has 0 radical (unpaired) electrons. The van der Waals surface area contributed by atoms with Crippen LogP contribution in [0.25, 0.3) is 0 Å². The largest absolute Gasteiger partial charge is 0.447 e. The number of carbonyl (C=O) groups excluding carboxylic acids is 1. The lowest BCUT2D eigenvalue weighted by atomic mass is 10.2. The molecule has 1 heterocycles. The Kier molecular flexibility index (Phi) is 3.31. The number of aliphatic hydroxyl groups is 1. The predicted octanol–water partition coefficient (Wildman–Crippen LogP) is -0.554. The second-order valence-corrected chi connectivity index (χ2v) is 2.67. The van der Waals surface area contributed by atoms with Gasteiger partial charge in [-0.05, 0) is 0 Å². The molecule has 1 N–H and O–H groups in total. The number of amides is 1. The van der Waals surface area contributed by atoms with Crippen molar-refractivity contribution in [1.82, 2.24) is 4.90 Å². The number of hydrogen-bond acceptors (Lipinski definition) is 4. The van der Waals surface area contributed by atoms with Crippen LogP contribution in [-0.4, -0.2) is 55.6 Å². The average Bonchev–Trinajstić information content (AvgIpc) is 1.99. The molecule has 1 aliphatic heterocycles. The van der Waals surface area contributed by atoms with Crippen LogP contribution in [0.3, 0.4) is 0 Å². The van der Waals surface area contributed by atoms with Gasteiger partial charge in [0.1, 0.15) is 6.61 Å². The number of hydrogen-bond donors (Lipinski definition) is 1. The van der Waals surface area contributed by atoms with E-state index in [1.807, 2.05) is 0 Å². The molecule has 5 heteroatoms. The Labute approximate surface area is 70.9 Å². The molecule has 5 nitrogen and oxygen atoms in total. The summed E-state index contributed by atoms with van der Waals surface area (Å²) in [5.41, 5.74) is 0. The van der Waals surface area contributed by atoms with Crippen LogP contribution >= 0.6 is 0 Å². The second-order valence-electron chi connectivity index (χ2n) is 2.67. The minimum Gasteiger partial charge on any atom is -0.447 e. The minimum atomic E-state index is -0.377. The lowest BCUT2D eigenvalue weighted by Crippen LogP contribution is -2.53. The van der Waals surface area contributed by atoms with Crippen molar-refractivity contribution < 1.29 is 19.4 Å². The number of carbonyl (C=O) groups is 1. The van der Waals surface area contributed by atoms with Crippen molar-refractivity contribution in [2.75, 3.05) is 33.4 Å². The maximum atomic E-state index is 11.0. The molecular weight excluding hydrogens is 162 g/mol. The topological polar surface area (TPSA) is 59.0 Å². The summed E-state index contributed by atoms with van der Waals surface area (Å²) in [4.78, 5) is 12.4. The van der Waals surface area contributed by atoms with Crippen LogP contribution in [0.1, 0.15) is 0 Å². The van der Waals surface area contributed by atoms with Crippen molar-refractivity contribution in [2.24, 2.45) is 0 Å². The van der Waals surface area contributed by atoms with Crippen LogP contribution in [0.2, 0.25) is 0 Å². The fourth-order valence-electron chi connectivity index (χ4n) is 0.908. The van der Waals surface area contributed by atoms with Crippen LogP contribution < -0.4 is 0 Å². The molecule has 1 amide bonds. The first-order chi connectivity index (χ1) is 5.74. The van der Waals surface area contributed by atoms with Crippen molar-refractivity contribution in [3.05, 3.63) is 0 Å². The van der Waals surface area contributed by atoms with E-state index in [1.54, 1.807) is 7.11 Å². The molecule has 0 spiro atoms. The SMILES string of the molecule is COCCOC(=O)N1CC(O)C1. The molecule has 12 heavy (non-hydrogen) atoms. The van der Waals surface area contributed by atoms with Crippen LogP contribution in [0.5, 0.6) is 0 Å². The molecule has 0 aromatic carbocycles. The Bertz CT molecular complexity index is 155. The summed E-state index contributed by atoms with van der Waals surface area (Å²) in [6.07, 6.45) is -0.752. The quantitative estimate of drug-likeness (QED) is 0.584. The molecule has 1 rings (SSSR count). The monoisotopic (exact) mass is 175 g/mol. The smallest absolute Gasteiger partial charge is 0.410 e. The van der Waals surface area contributed by atoms with E-state index >= 15 is 0 Å². The zero-order valence-corrected chi connectivity index (χ0v) is 7.02. The molecule has 0 atom stereocenters. The summed E-state index contributed by atoms with van der Waals surface area (Å²) in [6, 6.07) is 0. The van der Waals surface area contributed by atoms with E-state index < -0.39 is 0 Å². The predicted molar refractivity (Wildman–Crippen MR) is 40.8 cm³/mol. The van der Waals surface area contributed by atoms with Crippen LogP contribution in [-0.2, 0) is 9.47 Å². The number of likely N-dealkylation sites (tertiary alicyclic amines) is 1. The van der Waals surface area contributed by atoms with Gasteiger partial charge < -0.3 is 19.5 Å². The Morgan fingerprint density at radius 2 is 2.25 bits per heavy atom. The fraction of sp³-hybridized carbons (Fsp3) is 0.857. The van der Waals surface area contributed by atoms with Gasteiger partial charge in [0.25, 0.3) is 0 Å². The number of methoxy groups -OCH3 is 1. The van der Waals surface area contributed by atoms with Gasteiger partial charge in [-0.1, -0.05) is 0 Å². The van der Waals surface area contributed by atoms with E-state index in [0.29, 0.717) is 19.7 Å². The second kappa shape index (κ2) is 4.27. The average molecular weight is 175 g/mol. The lowest BCUT2D eigenvalue weighted by Gasteiger charge is -2.34. The Hall–Kier alpha value is -0.810. The summed E-state index contributed by atoms with van der Waals surface area (Å²) in [6.45, 7) is 1.43. The van der Waals surface area contributed by atoms with Gasteiger partial charge in [0.15, 0.2) is 0 Å². The molecule has 0 bridgehead atoms. The van der Waals surface area contributed by atoms with Crippen LogP contribution in [0.4, 0.5) is 4.79 Å².